The molecule has 0 aliphatic carbocycles. The largest absolute Gasteiger partial charge is 0.493 e. The summed E-state index contributed by atoms with van der Waals surface area (Å²) < 4.78 is 28.3. The number of nitrogens with zero attached hydrogens (tertiary/aromatic N) is 1. The molecule has 0 spiro atoms. The van der Waals surface area contributed by atoms with E-state index in [1.807, 2.05) is 0 Å². The van der Waals surface area contributed by atoms with Crippen molar-refractivity contribution in [3.05, 3.63) is 23.3 Å². The van der Waals surface area contributed by atoms with E-state index in [1.54, 1.807) is 34.0 Å². The van der Waals surface area contributed by atoms with Gasteiger partial charge in [0, 0.05) is 14.1 Å². The van der Waals surface area contributed by atoms with Gasteiger partial charge in [-0.05, 0) is 37.1 Å². The van der Waals surface area contributed by atoms with Crippen LogP contribution in [0.1, 0.15) is 17.5 Å². The summed E-state index contributed by atoms with van der Waals surface area (Å²) in [5.74, 6) is 0.530. The highest BCUT2D eigenvalue weighted by Gasteiger charge is 2.14. The first-order valence-electron chi connectivity index (χ1n) is 6.10. The number of ether oxygens (including phenoxy) is 1. The fourth-order valence-electron chi connectivity index (χ4n) is 1.70. The quantitative estimate of drug-likeness (QED) is 0.871. The number of carbonyl (C=O) groups excluding carboxylic acids is 1. The molecule has 1 amide bonds. The van der Waals surface area contributed by atoms with Crippen molar-refractivity contribution in [3.63, 3.8) is 0 Å². The third-order valence-corrected chi connectivity index (χ3v) is 3.90. The van der Waals surface area contributed by atoms with Crippen LogP contribution in [0.15, 0.2) is 17.0 Å². The second kappa shape index (κ2) is 6.23. The Morgan fingerprint density at radius 2 is 1.85 bits per heavy atom. The van der Waals surface area contributed by atoms with Crippen molar-refractivity contribution in [2.45, 2.75) is 25.2 Å². The van der Waals surface area contributed by atoms with Crippen LogP contribution in [-0.2, 0) is 14.8 Å². The minimum atomic E-state index is -3.73. The molecule has 0 aliphatic rings. The first-order chi connectivity index (χ1) is 9.12. The van der Waals surface area contributed by atoms with E-state index in [-0.39, 0.29) is 23.8 Å². The van der Waals surface area contributed by atoms with Crippen molar-refractivity contribution in [2.24, 2.45) is 5.14 Å². The number of benzene rings is 1. The fourth-order valence-corrected chi connectivity index (χ4v) is 2.55. The van der Waals surface area contributed by atoms with E-state index in [0.717, 1.165) is 0 Å². The van der Waals surface area contributed by atoms with E-state index in [9.17, 15) is 13.2 Å². The van der Waals surface area contributed by atoms with Gasteiger partial charge in [0.2, 0.25) is 15.9 Å². The maximum atomic E-state index is 11.4. The molecule has 0 atom stereocenters. The molecule has 2 N–H and O–H groups in total. The zero-order valence-corrected chi connectivity index (χ0v) is 13.0. The molecule has 0 aromatic heterocycles. The predicted octanol–water partition coefficient (Wildman–Crippen LogP) is 0.808. The van der Waals surface area contributed by atoms with E-state index >= 15 is 0 Å². The summed E-state index contributed by atoms with van der Waals surface area (Å²) in [5.41, 5.74) is 1.18. The van der Waals surface area contributed by atoms with Crippen LogP contribution in [0.2, 0.25) is 0 Å². The molecule has 0 fully saturated rings. The highest BCUT2D eigenvalue weighted by molar-refractivity contribution is 7.89. The molecule has 0 aliphatic heterocycles. The summed E-state index contributed by atoms with van der Waals surface area (Å²) in [7, 11) is -0.376. The van der Waals surface area contributed by atoms with Crippen LogP contribution < -0.4 is 9.88 Å². The van der Waals surface area contributed by atoms with E-state index in [2.05, 4.69) is 0 Å². The highest BCUT2D eigenvalue weighted by Crippen LogP contribution is 2.25. The smallest absolute Gasteiger partial charge is 0.238 e. The zero-order valence-electron chi connectivity index (χ0n) is 12.1. The van der Waals surface area contributed by atoms with Crippen LogP contribution in [0, 0.1) is 13.8 Å². The van der Waals surface area contributed by atoms with Gasteiger partial charge >= 0.3 is 0 Å². The molecule has 6 nitrogen and oxygen atoms in total. The molecule has 20 heavy (non-hydrogen) atoms. The lowest BCUT2D eigenvalue weighted by molar-refractivity contribution is -0.129. The number of primary sulfonamides is 1. The first kappa shape index (κ1) is 16.5. The van der Waals surface area contributed by atoms with Crippen LogP contribution in [0.5, 0.6) is 5.75 Å². The summed E-state index contributed by atoms with van der Waals surface area (Å²) in [5, 5.41) is 5.13. The number of aryl methyl sites for hydroxylation is 2. The van der Waals surface area contributed by atoms with E-state index < -0.39 is 10.0 Å². The van der Waals surface area contributed by atoms with Crippen LogP contribution in [-0.4, -0.2) is 39.9 Å². The molecular weight excluding hydrogens is 280 g/mol. The van der Waals surface area contributed by atoms with Crippen molar-refractivity contribution in [2.75, 3.05) is 20.7 Å². The number of hydrogen-bond donors (Lipinski definition) is 1. The lowest BCUT2D eigenvalue weighted by Crippen LogP contribution is -2.23. The summed E-state index contributed by atoms with van der Waals surface area (Å²) in [4.78, 5) is 13.0. The Labute approximate surface area is 119 Å². The van der Waals surface area contributed by atoms with Crippen LogP contribution >= 0.6 is 0 Å². The van der Waals surface area contributed by atoms with Gasteiger partial charge in [-0.25, -0.2) is 13.6 Å². The van der Waals surface area contributed by atoms with Crippen molar-refractivity contribution in [3.8, 4) is 5.75 Å². The first-order valence-corrected chi connectivity index (χ1v) is 7.64. The topological polar surface area (TPSA) is 89.7 Å². The van der Waals surface area contributed by atoms with Gasteiger partial charge in [0.1, 0.15) is 5.75 Å². The molecule has 0 saturated heterocycles. The number of amides is 1. The lowest BCUT2D eigenvalue weighted by atomic mass is 10.1. The van der Waals surface area contributed by atoms with Gasteiger partial charge in [-0.2, -0.15) is 0 Å². The average molecular weight is 300 g/mol. The Hall–Kier alpha value is -1.60. The predicted molar refractivity (Wildman–Crippen MR) is 76.1 cm³/mol. The Balaban J connectivity index is 2.84. The second-order valence-corrected chi connectivity index (χ2v) is 6.34. The Kier molecular flexibility index (Phi) is 5.13. The van der Waals surface area contributed by atoms with Crippen molar-refractivity contribution < 1.29 is 17.9 Å². The van der Waals surface area contributed by atoms with Crippen LogP contribution in [0.3, 0.4) is 0 Å². The summed E-state index contributed by atoms with van der Waals surface area (Å²) >= 11 is 0. The van der Waals surface area contributed by atoms with Gasteiger partial charge in [-0.1, -0.05) is 0 Å². The highest BCUT2D eigenvalue weighted by atomic mass is 32.2. The molecule has 7 heteroatoms. The van der Waals surface area contributed by atoms with Crippen molar-refractivity contribution in [1.82, 2.24) is 4.90 Å². The minimum absolute atomic E-state index is 0.0273. The Morgan fingerprint density at radius 3 is 2.35 bits per heavy atom. The molecule has 0 unspecified atom stereocenters. The lowest BCUT2D eigenvalue weighted by Gasteiger charge is -2.14. The summed E-state index contributed by atoms with van der Waals surface area (Å²) in [6.45, 7) is 3.63. The molecule has 1 aromatic carbocycles. The molecule has 0 saturated carbocycles. The van der Waals surface area contributed by atoms with Crippen LogP contribution in [0.25, 0.3) is 0 Å². The average Bonchev–Trinajstić information content (AvgIpc) is 2.31. The van der Waals surface area contributed by atoms with Gasteiger partial charge in [-0.3, -0.25) is 4.79 Å². The Bertz CT molecular complexity index is 609. The summed E-state index contributed by atoms with van der Waals surface area (Å²) in [6.07, 6.45) is 0.266. The maximum absolute atomic E-state index is 11.4. The van der Waals surface area contributed by atoms with Crippen molar-refractivity contribution >= 4 is 15.9 Å². The number of hydrogen-bond acceptors (Lipinski definition) is 4. The van der Waals surface area contributed by atoms with Crippen molar-refractivity contribution in [1.29, 1.82) is 0 Å². The van der Waals surface area contributed by atoms with Gasteiger partial charge in [0.25, 0.3) is 0 Å². The van der Waals surface area contributed by atoms with Gasteiger partial charge in [0.15, 0.2) is 0 Å². The molecule has 112 valence electrons. The number of carbonyl (C=O) groups is 1. The third kappa shape index (κ3) is 4.21. The molecule has 0 heterocycles. The number of sulfonamides is 1. The SMILES string of the molecule is Cc1cc(S(N)(=O)=O)c(C)cc1OCCC(=O)N(C)C. The van der Waals surface area contributed by atoms with Gasteiger partial charge in [-0.15, -0.1) is 0 Å². The monoisotopic (exact) mass is 300 g/mol. The molecule has 1 aromatic rings. The fraction of sp³-hybridized carbons (Fsp3) is 0.462. The molecule has 1 rings (SSSR count). The standard InChI is InChI=1S/C13H20N2O4S/c1-9-8-12(20(14,17)18)10(2)7-11(9)19-6-5-13(16)15(3)4/h7-8H,5-6H2,1-4H3,(H2,14,17,18). The third-order valence-electron chi connectivity index (χ3n) is 2.85. The van der Waals surface area contributed by atoms with Crippen LogP contribution in [0.4, 0.5) is 0 Å². The van der Waals surface area contributed by atoms with Gasteiger partial charge in [0.05, 0.1) is 17.9 Å². The number of rotatable bonds is 5. The molecular formula is C13H20N2O4S. The molecule has 0 bridgehead atoms. The Morgan fingerprint density at radius 1 is 1.25 bits per heavy atom. The number of nitrogens with two attached hydrogens (primary N) is 1. The maximum Gasteiger partial charge on any atom is 0.238 e. The molecule has 0 radical (unpaired) electrons. The summed E-state index contributed by atoms with van der Waals surface area (Å²) in [6, 6.07) is 3.10. The van der Waals surface area contributed by atoms with E-state index in [0.29, 0.717) is 16.9 Å². The van der Waals surface area contributed by atoms with E-state index in [1.165, 1.54) is 11.0 Å². The normalized spacial score (nSPS) is 11.2. The van der Waals surface area contributed by atoms with E-state index in [4.69, 9.17) is 9.88 Å². The van der Waals surface area contributed by atoms with Gasteiger partial charge < -0.3 is 9.64 Å². The zero-order chi connectivity index (χ0) is 15.5. The minimum Gasteiger partial charge on any atom is -0.493 e. The second-order valence-electron chi connectivity index (χ2n) is 4.81.